The molecule has 0 fully saturated rings. The molecular formula is C18H27N3. The Morgan fingerprint density at radius 1 is 1.19 bits per heavy atom. The van der Waals surface area contributed by atoms with Crippen molar-refractivity contribution < 1.29 is 0 Å². The first kappa shape index (κ1) is 15.8. The van der Waals surface area contributed by atoms with Gasteiger partial charge in [0.2, 0.25) is 0 Å². The highest BCUT2D eigenvalue weighted by molar-refractivity contribution is 5.31. The third-order valence-corrected chi connectivity index (χ3v) is 4.07. The van der Waals surface area contributed by atoms with Crippen LogP contribution < -0.4 is 5.32 Å². The second kappa shape index (κ2) is 7.41. The summed E-state index contributed by atoms with van der Waals surface area (Å²) in [6.07, 6.45) is 6.10. The van der Waals surface area contributed by atoms with Gasteiger partial charge in [0, 0.05) is 25.4 Å². The Morgan fingerprint density at radius 2 is 2.00 bits per heavy atom. The molecule has 0 saturated heterocycles. The molecule has 2 rings (SSSR count). The van der Waals surface area contributed by atoms with Gasteiger partial charge < -0.3 is 9.88 Å². The van der Waals surface area contributed by atoms with Crippen LogP contribution in [0.3, 0.4) is 0 Å². The first-order valence-corrected chi connectivity index (χ1v) is 7.96. The smallest absolute Gasteiger partial charge is 0.108 e. The molecule has 0 radical (unpaired) electrons. The molecule has 0 saturated carbocycles. The van der Waals surface area contributed by atoms with E-state index in [4.69, 9.17) is 0 Å². The maximum Gasteiger partial charge on any atom is 0.108 e. The number of nitrogens with zero attached hydrogens (tertiary/aromatic N) is 2. The summed E-state index contributed by atoms with van der Waals surface area (Å²) in [6.45, 7) is 10.7. The minimum atomic E-state index is 0.337. The van der Waals surface area contributed by atoms with Crippen LogP contribution in [0.15, 0.2) is 30.6 Å². The predicted octanol–water partition coefficient (Wildman–Crippen LogP) is 3.80. The van der Waals surface area contributed by atoms with E-state index in [2.05, 4.69) is 67.0 Å². The minimum absolute atomic E-state index is 0.337. The lowest BCUT2D eigenvalue weighted by Crippen LogP contribution is -2.27. The van der Waals surface area contributed by atoms with Gasteiger partial charge in [0.05, 0.1) is 6.04 Å². The Balaban J connectivity index is 2.23. The summed E-state index contributed by atoms with van der Waals surface area (Å²) < 4.78 is 2.27. The third kappa shape index (κ3) is 3.94. The molecule has 0 spiro atoms. The van der Waals surface area contributed by atoms with Crippen molar-refractivity contribution in [2.45, 2.75) is 53.1 Å². The van der Waals surface area contributed by atoms with Gasteiger partial charge in [-0.05, 0) is 43.5 Å². The molecule has 1 N–H and O–H groups in total. The highest BCUT2D eigenvalue weighted by Crippen LogP contribution is 2.19. The van der Waals surface area contributed by atoms with E-state index in [-0.39, 0.29) is 0 Å². The van der Waals surface area contributed by atoms with Crippen molar-refractivity contribution in [1.82, 2.24) is 14.9 Å². The molecule has 1 heterocycles. The molecule has 1 aromatic carbocycles. The molecule has 3 nitrogen and oxygen atoms in total. The van der Waals surface area contributed by atoms with Crippen molar-refractivity contribution in [3.63, 3.8) is 0 Å². The highest BCUT2D eigenvalue weighted by Gasteiger charge is 2.13. The number of hydrogen-bond donors (Lipinski definition) is 1. The zero-order chi connectivity index (χ0) is 15.2. The van der Waals surface area contributed by atoms with Crippen molar-refractivity contribution >= 4 is 0 Å². The Bertz CT molecular complexity index is 572. The number of imidazole rings is 1. The molecule has 0 aliphatic heterocycles. The quantitative estimate of drug-likeness (QED) is 0.838. The van der Waals surface area contributed by atoms with E-state index in [1.807, 2.05) is 6.20 Å². The summed E-state index contributed by atoms with van der Waals surface area (Å²) in [4.78, 5) is 4.43. The second-order valence-corrected chi connectivity index (χ2v) is 5.70. The van der Waals surface area contributed by atoms with Gasteiger partial charge in [0.15, 0.2) is 0 Å². The maximum atomic E-state index is 4.43. The van der Waals surface area contributed by atoms with Gasteiger partial charge in [-0.1, -0.05) is 32.0 Å². The van der Waals surface area contributed by atoms with E-state index in [0.717, 1.165) is 31.8 Å². The number of rotatable bonds is 7. The van der Waals surface area contributed by atoms with Gasteiger partial charge in [-0.2, -0.15) is 0 Å². The lowest BCUT2D eigenvalue weighted by atomic mass is 10.0. The van der Waals surface area contributed by atoms with Crippen LogP contribution in [0.1, 0.15) is 48.8 Å². The summed E-state index contributed by atoms with van der Waals surface area (Å²) in [5, 5.41) is 3.67. The largest absolute Gasteiger partial charge is 0.333 e. The van der Waals surface area contributed by atoms with E-state index >= 15 is 0 Å². The third-order valence-electron chi connectivity index (χ3n) is 4.07. The van der Waals surface area contributed by atoms with E-state index in [1.54, 1.807) is 0 Å². The van der Waals surface area contributed by atoms with Crippen molar-refractivity contribution in [1.29, 1.82) is 0 Å². The molecular weight excluding hydrogens is 258 g/mol. The Labute approximate surface area is 128 Å². The first-order valence-electron chi connectivity index (χ1n) is 7.96. The fourth-order valence-electron chi connectivity index (χ4n) is 2.61. The Morgan fingerprint density at radius 3 is 2.67 bits per heavy atom. The number of benzene rings is 1. The van der Waals surface area contributed by atoms with Crippen LogP contribution in [0.4, 0.5) is 0 Å². The van der Waals surface area contributed by atoms with Crippen LogP contribution in [0, 0.1) is 13.8 Å². The maximum absolute atomic E-state index is 4.43. The van der Waals surface area contributed by atoms with Crippen molar-refractivity contribution in [2.24, 2.45) is 0 Å². The number of aryl methyl sites for hydroxylation is 3. The zero-order valence-corrected chi connectivity index (χ0v) is 13.7. The van der Waals surface area contributed by atoms with Gasteiger partial charge in [-0.15, -0.1) is 0 Å². The Hall–Kier alpha value is -1.61. The summed E-state index contributed by atoms with van der Waals surface area (Å²) in [6, 6.07) is 7.12. The van der Waals surface area contributed by atoms with Crippen LogP contribution in [0.25, 0.3) is 0 Å². The average molecular weight is 285 g/mol. The topological polar surface area (TPSA) is 29.9 Å². The molecule has 114 valence electrons. The molecule has 1 atom stereocenters. The first-order chi connectivity index (χ1) is 10.2. The fraction of sp³-hybridized carbons (Fsp3) is 0.500. The van der Waals surface area contributed by atoms with Gasteiger partial charge in [0.1, 0.15) is 5.82 Å². The van der Waals surface area contributed by atoms with Crippen LogP contribution in [0.2, 0.25) is 0 Å². The highest BCUT2D eigenvalue weighted by atomic mass is 15.1. The molecule has 1 unspecified atom stereocenters. The fourth-order valence-corrected chi connectivity index (χ4v) is 2.61. The average Bonchev–Trinajstić information content (AvgIpc) is 2.93. The van der Waals surface area contributed by atoms with Gasteiger partial charge in [-0.25, -0.2) is 4.98 Å². The molecule has 1 aromatic heterocycles. The second-order valence-electron chi connectivity index (χ2n) is 5.70. The number of nitrogens with one attached hydrogen (secondary N) is 1. The molecule has 2 aromatic rings. The zero-order valence-electron chi connectivity index (χ0n) is 13.7. The van der Waals surface area contributed by atoms with Gasteiger partial charge >= 0.3 is 0 Å². The number of aromatic nitrogens is 2. The molecule has 21 heavy (non-hydrogen) atoms. The van der Waals surface area contributed by atoms with E-state index in [9.17, 15) is 0 Å². The summed E-state index contributed by atoms with van der Waals surface area (Å²) in [7, 11) is 0. The van der Waals surface area contributed by atoms with Crippen molar-refractivity contribution in [2.75, 3.05) is 6.54 Å². The van der Waals surface area contributed by atoms with Crippen molar-refractivity contribution in [3.8, 4) is 0 Å². The summed E-state index contributed by atoms with van der Waals surface area (Å²) >= 11 is 0. The monoisotopic (exact) mass is 285 g/mol. The van der Waals surface area contributed by atoms with E-state index in [0.29, 0.717) is 6.04 Å². The Kier molecular flexibility index (Phi) is 5.57. The lowest BCUT2D eigenvalue weighted by molar-refractivity contribution is 0.455. The molecule has 0 amide bonds. The van der Waals surface area contributed by atoms with Gasteiger partial charge in [0.25, 0.3) is 0 Å². The molecule has 0 aliphatic carbocycles. The predicted molar refractivity (Wildman–Crippen MR) is 88.6 cm³/mol. The van der Waals surface area contributed by atoms with Crippen molar-refractivity contribution in [3.05, 3.63) is 53.1 Å². The van der Waals surface area contributed by atoms with E-state index < -0.39 is 0 Å². The normalized spacial score (nSPS) is 12.6. The standard InChI is InChI=1S/C18H27N3/c1-5-9-19-17(13-21-11-10-20-18(21)6-2)16-8-7-14(3)15(4)12-16/h7-8,10-12,17,19H,5-6,9,13H2,1-4H3. The lowest BCUT2D eigenvalue weighted by Gasteiger charge is -2.21. The summed E-state index contributed by atoms with van der Waals surface area (Å²) in [5.74, 6) is 1.15. The minimum Gasteiger partial charge on any atom is -0.333 e. The molecule has 3 heteroatoms. The SMILES string of the molecule is CCCNC(Cn1ccnc1CC)c1ccc(C)c(C)c1. The number of hydrogen-bond acceptors (Lipinski definition) is 2. The van der Waals surface area contributed by atoms with Crippen LogP contribution >= 0.6 is 0 Å². The van der Waals surface area contributed by atoms with E-state index in [1.165, 1.54) is 16.7 Å². The van der Waals surface area contributed by atoms with Gasteiger partial charge in [-0.3, -0.25) is 0 Å². The van der Waals surface area contributed by atoms with Crippen LogP contribution in [0.5, 0.6) is 0 Å². The van der Waals surface area contributed by atoms with Crippen LogP contribution in [-0.4, -0.2) is 16.1 Å². The molecule has 0 aliphatic rings. The molecule has 0 bridgehead atoms. The summed E-state index contributed by atoms with van der Waals surface area (Å²) in [5.41, 5.74) is 4.07. The van der Waals surface area contributed by atoms with Crippen LogP contribution in [-0.2, 0) is 13.0 Å².